The summed E-state index contributed by atoms with van der Waals surface area (Å²) in [5, 5.41) is 19.7. The van der Waals surface area contributed by atoms with E-state index in [0.29, 0.717) is 5.02 Å². The molecule has 0 heterocycles. The van der Waals surface area contributed by atoms with Crippen LogP contribution in [-0.2, 0) is 0 Å². The van der Waals surface area contributed by atoms with Gasteiger partial charge in [-0.2, -0.15) is 0 Å². The number of phenolic OH excluding ortho intramolecular Hbond substituents is 1. The zero-order valence-electron chi connectivity index (χ0n) is 12.8. The predicted octanol–water partition coefficient (Wildman–Crippen LogP) is 6.66. The van der Waals surface area contributed by atoms with E-state index in [1.54, 1.807) is 12.1 Å². The summed E-state index contributed by atoms with van der Waals surface area (Å²) in [4.78, 5) is 0. The average molecular weight is 329 g/mol. The van der Waals surface area contributed by atoms with Gasteiger partial charge in [-0.15, -0.1) is 0 Å². The molecule has 0 aromatic heterocycles. The van der Waals surface area contributed by atoms with Crippen LogP contribution in [-0.4, -0.2) is 5.11 Å². The second kappa shape index (κ2) is 4.86. The summed E-state index contributed by atoms with van der Waals surface area (Å²) in [5.41, 5.74) is 0. The van der Waals surface area contributed by atoms with Crippen molar-refractivity contribution >= 4 is 54.7 Å². The molecule has 0 aliphatic heterocycles. The number of rotatable bonds is 0. The molecule has 0 radical (unpaired) electrons. The number of hydrogen-bond donors (Lipinski definition) is 1. The van der Waals surface area contributed by atoms with Gasteiger partial charge in [-0.05, 0) is 49.8 Å². The molecule has 5 rings (SSSR count). The molecule has 0 atom stereocenters. The van der Waals surface area contributed by atoms with Crippen LogP contribution in [0.15, 0.2) is 72.8 Å². The Labute approximate surface area is 143 Å². The van der Waals surface area contributed by atoms with Gasteiger partial charge in [0.25, 0.3) is 0 Å². The summed E-state index contributed by atoms with van der Waals surface area (Å²) in [6, 6.07) is 24.6. The molecule has 0 amide bonds. The van der Waals surface area contributed by atoms with Crippen LogP contribution in [0.4, 0.5) is 0 Å². The van der Waals surface area contributed by atoms with E-state index in [1.165, 1.54) is 26.9 Å². The van der Waals surface area contributed by atoms with Crippen molar-refractivity contribution in [1.82, 2.24) is 0 Å². The minimum Gasteiger partial charge on any atom is -0.508 e. The van der Waals surface area contributed by atoms with Crippen molar-refractivity contribution in [2.24, 2.45) is 0 Å². The van der Waals surface area contributed by atoms with E-state index in [4.69, 9.17) is 11.6 Å². The molecule has 0 saturated heterocycles. The summed E-state index contributed by atoms with van der Waals surface area (Å²) in [6.45, 7) is 0. The molecular formula is C22H13ClO. The summed E-state index contributed by atoms with van der Waals surface area (Å²) >= 11 is 6.30. The Morgan fingerprint density at radius 3 is 1.92 bits per heavy atom. The topological polar surface area (TPSA) is 20.2 Å². The Kier molecular flexibility index (Phi) is 2.76. The lowest BCUT2D eigenvalue weighted by atomic mass is 9.94. The zero-order valence-corrected chi connectivity index (χ0v) is 13.5. The van der Waals surface area contributed by atoms with E-state index in [-0.39, 0.29) is 5.75 Å². The van der Waals surface area contributed by atoms with Gasteiger partial charge in [0.05, 0.1) is 5.02 Å². The van der Waals surface area contributed by atoms with E-state index in [9.17, 15) is 5.11 Å². The van der Waals surface area contributed by atoms with Crippen molar-refractivity contribution in [3.63, 3.8) is 0 Å². The van der Waals surface area contributed by atoms with Crippen molar-refractivity contribution in [3.8, 4) is 5.75 Å². The van der Waals surface area contributed by atoms with Gasteiger partial charge < -0.3 is 5.11 Å². The van der Waals surface area contributed by atoms with Crippen molar-refractivity contribution in [2.75, 3.05) is 0 Å². The first-order valence-electron chi connectivity index (χ1n) is 7.88. The van der Waals surface area contributed by atoms with E-state index in [0.717, 1.165) is 16.2 Å². The molecule has 0 spiro atoms. The lowest BCUT2D eigenvalue weighted by Crippen LogP contribution is -1.83. The largest absolute Gasteiger partial charge is 0.508 e. The minimum atomic E-state index is 0.193. The van der Waals surface area contributed by atoms with Gasteiger partial charge in [-0.3, -0.25) is 0 Å². The number of halogens is 1. The zero-order chi connectivity index (χ0) is 16.3. The summed E-state index contributed by atoms with van der Waals surface area (Å²) < 4.78 is 0. The normalized spacial score (nSPS) is 11.7. The highest BCUT2D eigenvalue weighted by Gasteiger charge is 2.09. The Morgan fingerprint density at radius 2 is 1.12 bits per heavy atom. The molecule has 0 fully saturated rings. The van der Waals surface area contributed by atoms with Crippen LogP contribution in [0, 0.1) is 0 Å². The molecular weight excluding hydrogens is 316 g/mol. The summed E-state index contributed by atoms with van der Waals surface area (Å²) in [7, 11) is 0. The SMILES string of the molecule is Oc1cc(Cl)c2ccc3c(ccc4c5ccccc5ccc43)c2c1. The fraction of sp³-hybridized carbons (Fsp3) is 0. The van der Waals surface area contributed by atoms with Gasteiger partial charge in [-0.25, -0.2) is 0 Å². The second-order valence-corrected chi connectivity index (χ2v) is 6.54. The van der Waals surface area contributed by atoms with Gasteiger partial charge >= 0.3 is 0 Å². The molecule has 2 heteroatoms. The molecule has 1 N–H and O–H groups in total. The van der Waals surface area contributed by atoms with Gasteiger partial charge in [0.1, 0.15) is 5.75 Å². The molecule has 24 heavy (non-hydrogen) atoms. The van der Waals surface area contributed by atoms with Crippen LogP contribution < -0.4 is 0 Å². The minimum absolute atomic E-state index is 0.193. The highest BCUT2D eigenvalue weighted by molar-refractivity contribution is 6.37. The third kappa shape index (κ3) is 1.82. The Morgan fingerprint density at radius 1 is 0.542 bits per heavy atom. The molecule has 0 unspecified atom stereocenters. The van der Waals surface area contributed by atoms with E-state index >= 15 is 0 Å². The molecule has 0 aliphatic rings. The summed E-state index contributed by atoms with van der Waals surface area (Å²) in [5.74, 6) is 0.193. The Bertz CT molecular complexity index is 1270. The quantitative estimate of drug-likeness (QED) is 0.315. The fourth-order valence-corrected chi connectivity index (χ4v) is 3.96. The van der Waals surface area contributed by atoms with Crippen molar-refractivity contribution in [2.45, 2.75) is 0 Å². The number of benzene rings is 5. The van der Waals surface area contributed by atoms with Crippen molar-refractivity contribution < 1.29 is 5.11 Å². The maximum atomic E-state index is 9.94. The molecule has 0 bridgehead atoms. The first-order valence-corrected chi connectivity index (χ1v) is 8.25. The van der Waals surface area contributed by atoms with Crippen LogP contribution in [0.5, 0.6) is 5.75 Å². The molecule has 114 valence electrons. The van der Waals surface area contributed by atoms with Crippen LogP contribution in [0.1, 0.15) is 0 Å². The first-order chi connectivity index (χ1) is 11.7. The van der Waals surface area contributed by atoms with Gasteiger partial charge in [-0.1, -0.05) is 72.3 Å². The molecule has 1 nitrogen and oxygen atoms in total. The first kappa shape index (κ1) is 13.6. The summed E-state index contributed by atoms with van der Waals surface area (Å²) in [6.07, 6.45) is 0. The van der Waals surface area contributed by atoms with E-state index in [2.05, 4.69) is 54.6 Å². The number of phenols is 1. The third-order valence-electron chi connectivity index (χ3n) is 4.79. The van der Waals surface area contributed by atoms with Crippen LogP contribution in [0.25, 0.3) is 43.1 Å². The van der Waals surface area contributed by atoms with E-state index in [1.807, 2.05) is 6.07 Å². The van der Waals surface area contributed by atoms with Crippen molar-refractivity contribution in [1.29, 1.82) is 0 Å². The monoisotopic (exact) mass is 328 g/mol. The second-order valence-electron chi connectivity index (χ2n) is 6.13. The number of aromatic hydroxyl groups is 1. The lowest BCUT2D eigenvalue weighted by molar-refractivity contribution is 0.476. The lowest BCUT2D eigenvalue weighted by Gasteiger charge is -2.11. The standard InChI is InChI=1S/C22H13ClO/c23-22-12-14(24)11-21-19-8-7-16-15-4-2-1-3-13(15)5-6-17(16)18(19)9-10-20(21)22/h1-12,24H. The molecule has 5 aromatic carbocycles. The number of fused-ring (bicyclic) bond motifs is 7. The Balaban J connectivity index is 2.02. The predicted molar refractivity (Wildman–Crippen MR) is 103 cm³/mol. The van der Waals surface area contributed by atoms with Crippen LogP contribution in [0.2, 0.25) is 5.02 Å². The van der Waals surface area contributed by atoms with Crippen molar-refractivity contribution in [3.05, 3.63) is 77.8 Å². The smallest absolute Gasteiger partial charge is 0.117 e. The highest BCUT2D eigenvalue weighted by atomic mass is 35.5. The van der Waals surface area contributed by atoms with Gasteiger partial charge in [0.2, 0.25) is 0 Å². The molecule has 0 saturated carbocycles. The number of hydrogen-bond acceptors (Lipinski definition) is 1. The van der Waals surface area contributed by atoms with Crippen LogP contribution in [0.3, 0.4) is 0 Å². The molecule has 0 aliphatic carbocycles. The molecule has 5 aromatic rings. The maximum absolute atomic E-state index is 9.94. The van der Waals surface area contributed by atoms with Gasteiger partial charge in [0, 0.05) is 5.39 Å². The third-order valence-corrected chi connectivity index (χ3v) is 5.10. The average Bonchev–Trinajstić information content (AvgIpc) is 2.60. The highest BCUT2D eigenvalue weighted by Crippen LogP contribution is 2.37. The van der Waals surface area contributed by atoms with Crippen LogP contribution >= 0.6 is 11.6 Å². The van der Waals surface area contributed by atoms with Gasteiger partial charge in [0.15, 0.2) is 0 Å². The Hall–Kier alpha value is -2.77. The maximum Gasteiger partial charge on any atom is 0.117 e. The van der Waals surface area contributed by atoms with E-state index < -0.39 is 0 Å². The fourth-order valence-electron chi connectivity index (χ4n) is 3.69.